The Morgan fingerprint density at radius 3 is 1.12 bits per heavy atom. The lowest BCUT2D eigenvalue weighted by molar-refractivity contribution is -0.384. The van der Waals surface area contributed by atoms with Crippen LogP contribution in [0.5, 0.6) is 5.75 Å². The smallest absolute Gasteiger partial charge is 0.297 e. The van der Waals surface area contributed by atoms with Crippen molar-refractivity contribution in [1.29, 1.82) is 0 Å². The molecule has 0 spiro atoms. The summed E-state index contributed by atoms with van der Waals surface area (Å²) in [5.74, 6) is 0.548. The number of nitro benzene ring substituents is 1. The van der Waals surface area contributed by atoms with E-state index in [2.05, 4.69) is 0 Å². The molecule has 0 aliphatic rings. The summed E-state index contributed by atoms with van der Waals surface area (Å²) in [6.45, 7) is 7.72. The van der Waals surface area contributed by atoms with Gasteiger partial charge in [-0.3, -0.25) is 14.3 Å². The van der Waals surface area contributed by atoms with Gasteiger partial charge in [0.25, 0.3) is 15.8 Å². The van der Waals surface area contributed by atoms with Gasteiger partial charge in [0, 0.05) is 12.1 Å². The molecular weight excluding hydrogens is 670 g/mol. The van der Waals surface area contributed by atoms with E-state index in [1.165, 1.54) is 24.3 Å². The highest BCUT2D eigenvalue weighted by molar-refractivity contribution is 7.86. The molecule has 0 amide bonds. The van der Waals surface area contributed by atoms with Crippen molar-refractivity contribution >= 4 is 15.8 Å². The summed E-state index contributed by atoms with van der Waals surface area (Å²) in [6.07, 6.45) is 0. The first-order valence-electron chi connectivity index (χ1n) is 16.0. The van der Waals surface area contributed by atoms with Gasteiger partial charge in [0.1, 0.15) is 12.4 Å². The number of nitro groups is 1. The Morgan fingerprint density at radius 2 is 0.776 bits per heavy atom. The zero-order valence-corrected chi connectivity index (χ0v) is 28.6. The SMILES string of the molecule is O=[N+]([O-])c1ccc(OCCOCCOCCOCCOCCOCCOCCOCCOCCOCCOS(=O)(=O)c2ccccc2)cc1. The molecule has 2 rings (SSSR count). The van der Waals surface area contributed by atoms with E-state index in [-0.39, 0.29) is 23.8 Å². The minimum atomic E-state index is -3.77. The maximum atomic E-state index is 12.0. The van der Waals surface area contributed by atoms with Gasteiger partial charge in [-0.1, -0.05) is 18.2 Å². The van der Waals surface area contributed by atoms with Crippen molar-refractivity contribution in [1.82, 2.24) is 0 Å². The zero-order valence-electron chi connectivity index (χ0n) is 27.8. The molecule has 16 nitrogen and oxygen atoms in total. The van der Waals surface area contributed by atoms with Crippen LogP contribution in [-0.2, 0) is 56.9 Å². The molecule has 0 radical (unpaired) electrons. The van der Waals surface area contributed by atoms with E-state index >= 15 is 0 Å². The summed E-state index contributed by atoms with van der Waals surface area (Å²) in [4.78, 5) is 10.3. The second-order valence-corrected chi connectivity index (χ2v) is 11.3. The summed E-state index contributed by atoms with van der Waals surface area (Å²) in [7, 11) is -3.77. The number of non-ortho nitro benzene ring substituents is 1. The number of benzene rings is 2. The van der Waals surface area contributed by atoms with E-state index in [4.69, 9.17) is 51.6 Å². The maximum Gasteiger partial charge on any atom is 0.297 e. The van der Waals surface area contributed by atoms with Crippen molar-refractivity contribution in [3.63, 3.8) is 0 Å². The van der Waals surface area contributed by atoms with Gasteiger partial charge in [-0.2, -0.15) is 8.42 Å². The average molecular weight is 720 g/mol. The molecule has 49 heavy (non-hydrogen) atoms. The number of ether oxygens (including phenoxy) is 10. The summed E-state index contributed by atoms with van der Waals surface area (Å²) >= 11 is 0. The Labute approximate surface area is 288 Å². The molecule has 278 valence electrons. The van der Waals surface area contributed by atoms with E-state index < -0.39 is 15.0 Å². The summed E-state index contributed by atoms with van der Waals surface area (Å²) in [5, 5.41) is 10.6. The molecule has 2 aromatic rings. The molecule has 0 saturated heterocycles. The third-order valence-corrected chi connectivity index (χ3v) is 7.34. The first-order valence-corrected chi connectivity index (χ1v) is 17.4. The van der Waals surface area contributed by atoms with Gasteiger partial charge in [-0.05, 0) is 24.3 Å². The van der Waals surface area contributed by atoms with E-state index in [9.17, 15) is 18.5 Å². The van der Waals surface area contributed by atoms with Gasteiger partial charge in [-0.15, -0.1) is 0 Å². The third kappa shape index (κ3) is 23.3. The molecule has 0 atom stereocenters. The Balaban J connectivity index is 1.18. The van der Waals surface area contributed by atoms with Gasteiger partial charge < -0.3 is 47.4 Å². The minimum absolute atomic E-state index is 0.0187. The Bertz CT molecular complexity index is 1170. The molecule has 0 aliphatic carbocycles. The van der Waals surface area contributed by atoms with Gasteiger partial charge in [0.2, 0.25) is 0 Å². The quantitative estimate of drug-likeness (QED) is 0.0446. The van der Waals surface area contributed by atoms with Crippen molar-refractivity contribution in [2.45, 2.75) is 4.90 Å². The van der Waals surface area contributed by atoms with E-state index in [1.807, 2.05) is 0 Å². The second-order valence-electron chi connectivity index (χ2n) is 9.70. The lowest BCUT2D eigenvalue weighted by Crippen LogP contribution is -2.16. The van der Waals surface area contributed by atoms with Crippen molar-refractivity contribution in [2.75, 3.05) is 132 Å². The van der Waals surface area contributed by atoms with E-state index in [0.29, 0.717) is 125 Å². The molecule has 0 unspecified atom stereocenters. The number of hydrogen-bond acceptors (Lipinski definition) is 15. The maximum absolute atomic E-state index is 12.0. The Hall–Kier alpha value is -2.81. The van der Waals surface area contributed by atoms with Crippen LogP contribution in [0.4, 0.5) is 5.69 Å². The normalized spacial score (nSPS) is 11.6. The van der Waals surface area contributed by atoms with Crippen LogP contribution in [0, 0.1) is 10.1 Å². The van der Waals surface area contributed by atoms with Crippen LogP contribution < -0.4 is 4.74 Å². The first kappa shape index (κ1) is 42.4. The van der Waals surface area contributed by atoms with Crippen LogP contribution in [0.1, 0.15) is 0 Å². The summed E-state index contributed by atoms with van der Waals surface area (Å²) in [5.41, 5.74) is 0.0187. The van der Waals surface area contributed by atoms with Crippen LogP contribution >= 0.6 is 0 Å². The highest BCUT2D eigenvalue weighted by Gasteiger charge is 2.13. The molecule has 0 saturated carbocycles. The van der Waals surface area contributed by atoms with Crippen molar-refractivity contribution in [3.05, 3.63) is 64.7 Å². The van der Waals surface area contributed by atoms with E-state index in [1.54, 1.807) is 30.3 Å². The molecule has 0 bridgehead atoms. The number of rotatable bonds is 34. The lowest BCUT2D eigenvalue weighted by Gasteiger charge is -2.09. The van der Waals surface area contributed by atoms with Crippen LogP contribution in [-0.4, -0.2) is 145 Å². The van der Waals surface area contributed by atoms with Crippen molar-refractivity contribution in [2.24, 2.45) is 0 Å². The Morgan fingerprint density at radius 1 is 0.449 bits per heavy atom. The van der Waals surface area contributed by atoms with Gasteiger partial charge in [0.05, 0.1) is 135 Å². The molecule has 0 N–H and O–H groups in total. The van der Waals surface area contributed by atoms with Crippen LogP contribution in [0.15, 0.2) is 59.5 Å². The van der Waals surface area contributed by atoms with Gasteiger partial charge >= 0.3 is 0 Å². The molecule has 17 heteroatoms. The fraction of sp³-hybridized carbons (Fsp3) is 0.625. The predicted molar refractivity (Wildman–Crippen MR) is 176 cm³/mol. The molecule has 0 fully saturated rings. The Kier molecular flexibility index (Phi) is 25.0. The number of nitrogens with zero attached hydrogens (tertiary/aromatic N) is 1. The summed E-state index contributed by atoms with van der Waals surface area (Å²) < 4.78 is 83.1. The van der Waals surface area contributed by atoms with E-state index in [0.717, 1.165) is 0 Å². The van der Waals surface area contributed by atoms with Gasteiger partial charge in [-0.25, -0.2) is 0 Å². The fourth-order valence-corrected chi connectivity index (χ4v) is 4.52. The monoisotopic (exact) mass is 719 g/mol. The zero-order chi connectivity index (χ0) is 35.1. The highest BCUT2D eigenvalue weighted by Crippen LogP contribution is 2.17. The molecule has 0 heterocycles. The minimum Gasteiger partial charge on any atom is -0.491 e. The summed E-state index contributed by atoms with van der Waals surface area (Å²) in [6, 6.07) is 13.8. The molecule has 2 aromatic carbocycles. The van der Waals surface area contributed by atoms with Crippen molar-refractivity contribution in [3.8, 4) is 5.75 Å². The van der Waals surface area contributed by atoms with Crippen LogP contribution in [0.2, 0.25) is 0 Å². The van der Waals surface area contributed by atoms with Crippen LogP contribution in [0.25, 0.3) is 0 Å². The predicted octanol–water partition coefficient (Wildman–Crippen LogP) is 2.53. The average Bonchev–Trinajstić information content (AvgIpc) is 3.11. The largest absolute Gasteiger partial charge is 0.491 e. The molecule has 0 aromatic heterocycles. The molecule has 0 aliphatic heterocycles. The lowest BCUT2D eigenvalue weighted by atomic mass is 10.3. The third-order valence-electron chi connectivity index (χ3n) is 6.02. The van der Waals surface area contributed by atoms with Crippen LogP contribution in [0.3, 0.4) is 0 Å². The molecular formula is C32H49NO15S. The number of hydrogen-bond donors (Lipinski definition) is 0. The second kappa shape index (κ2) is 29.0. The fourth-order valence-electron chi connectivity index (χ4n) is 3.60. The standard InChI is InChI=1S/C32H49NO15S/c34-33(35)30-6-8-31(9-7-30)47-28-26-45-24-22-43-20-18-41-16-14-39-12-10-38-11-13-40-15-17-42-19-21-44-23-25-46-27-29-48-49(36,37)32-4-2-1-3-5-32/h1-9H,10-29H2. The topological polar surface area (TPSA) is 179 Å². The first-order chi connectivity index (χ1) is 24.0. The van der Waals surface area contributed by atoms with Crippen molar-refractivity contribution < 1.29 is 64.9 Å². The van der Waals surface area contributed by atoms with Gasteiger partial charge in [0.15, 0.2) is 0 Å². The highest BCUT2D eigenvalue weighted by atomic mass is 32.2.